The molecule has 13 heavy (non-hydrogen) atoms. The Morgan fingerprint density at radius 3 is 2.46 bits per heavy atom. The fraction of sp³-hybridized carbons (Fsp3) is 0.700. The van der Waals surface area contributed by atoms with Gasteiger partial charge in [-0.1, -0.05) is 26.7 Å². The molecule has 0 saturated carbocycles. The summed E-state index contributed by atoms with van der Waals surface area (Å²) in [5, 5.41) is 8.84. The van der Waals surface area contributed by atoms with Gasteiger partial charge in [-0.05, 0) is 5.41 Å². The van der Waals surface area contributed by atoms with Crippen LogP contribution in [0.4, 0.5) is 4.79 Å². The predicted molar refractivity (Wildman–Crippen MR) is 50.3 cm³/mol. The second-order valence-electron chi connectivity index (χ2n) is 4.52. The third-order valence-electron chi connectivity index (χ3n) is 2.46. The Morgan fingerprint density at radius 2 is 2.15 bits per heavy atom. The summed E-state index contributed by atoms with van der Waals surface area (Å²) < 4.78 is 0. The Bertz CT molecular complexity index is 259. The second-order valence-corrected chi connectivity index (χ2v) is 4.52. The van der Waals surface area contributed by atoms with Gasteiger partial charge in [-0.25, -0.2) is 4.79 Å². The summed E-state index contributed by atoms with van der Waals surface area (Å²) >= 11 is 0. The molecule has 0 aromatic rings. The average molecular weight is 181 g/mol. The Hall–Kier alpha value is -1.17. The number of likely N-dealkylation sites (tertiary alicyclic amines) is 1. The smallest absolute Gasteiger partial charge is 0.407 e. The third kappa shape index (κ3) is 1.62. The highest BCUT2D eigenvalue weighted by atomic mass is 16.4. The van der Waals surface area contributed by atoms with E-state index in [1.807, 2.05) is 20.8 Å². The Morgan fingerprint density at radius 1 is 1.62 bits per heavy atom. The normalized spacial score (nSPS) is 27.7. The molecule has 1 aliphatic heterocycles. The van der Waals surface area contributed by atoms with Crippen molar-refractivity contribution in [2.75, 3.05) is 6.54 Å². The van der Waals surface area contributed by atoms with E-state index in [4.69, 9.17) is 11.5 Å². The van der Waals surface area contributed by atoms with E-state index >= 15 is 0 Å². The van der Waals surface area contributed by atoms with Crippen molar-refractivity contribution in [3.05, 3.63) is 0 Å². The molecule has 0 radical (unpaired) electrons. The fourth-order valence-corrected chi connectivity index (χ4v) is 1.92. The van der Waals surface area contributed by atoms with Crippen LogP contribution >= 0.6 is 0 Å². The van der Waals surface area contributed by atoms with E-state index in [9.17, 15) is 4.79 Å². The number of terminal acetylenes is 1. The summed E-state index contributed by atoms with van der Waals surface area (Å²) in [4.78, 5) is 12.2. The summed E-state index contributed by atoms with van der Waals surface area (Å²) in [5.41, 5.74) is -0.0757. The van der Waals surface area contributed by atoms with Gasteiger partial charge >= 0.3 is 6.09 Å². The number of carbonyl (C=O) groups is 1. The van der Waals surface area contributed by atoms with Crippen LogP contribution in [0.2, 0.25) is 0 Å². The summed E-state index contributed by atoms with van der Waals surface area (Å²) in [7, 11) is 0. The SMILES string of the molecule is C#CC1CN(C(=O)O)C1C(C)(C)C. The lowest BCUT2D eigenvalue weighted by molar-refractivity contribution is -0.0108. The molecule has 0 spiro atoms. The van der Waals surface area contributed by atoms with Crippen LogP contribution in [0.5, 0.6) is 0 Å². The Kier molecular flexibility index (Phi) is 2.25. The molecule has 1 amide bonds. The van der Waals surface area contributed by atoms with Gasteiger partial charge in [-0.2, -0.15) is 0 Å². The molecule has 1 fully saturated rings. The largest absolute Gasteiger partial charge is 0.465 e. The molecule has 1 N–H and O–H groups in total. The number of hydrogen-bond donors (Lipinski definition) is 1. The van der Waals surface area contributed by atoms with Crippen molar-refractivity contribution in [1.82, 2.24) is 4.90 Å². The highest BCUT2D eigenvalue weighted by molar-refractivity contribution is 5.67. The van der Waals surface area contributed by atoms with Gasteiger partial charge in [-0.3, -0.25) is 0 Å². The van der Waals surface area contributed by atoms with Gasteiger partial charge in [0, 0.05) is 6.54 Å². The van der Waals surface area contributed by atoms with E-state index in [1.54, 1.807) is 0 Å². The molecule has 3 heteroatoms. The average Bonchev–Trinajstić information content (AvgIpc) is 1.80. The van der Waals surface area contributed by atoms with Gasteiger partial charge in [0.25, 0.3) is 0 Å². The molecule has 1 saturated heterocycles. The molecule has 0 aromatic carbocycles. The maximum absolute atomic E-state index is 10.8. The molecule has 1 aliphatic rings. The van der Waals surface area contributed by atoms with E-state index < -0.39 is 6.09 Å². The minimum atomic E-state index is -0.869. The first kappa shape index (κ1) is 9.91. The van der Waals surface area contributed by atoms with Crippen molar-refractivity contribution in [2.24, 2.45) is 11.3 Å². The van der Waals surface area contributed by atoms with E-state index in [2.05, 4.69) is 5.92 Å². The lowest BCUT2D eigenvalue weighted by atomic mass is 9.73. The first-order valence-corrected chi connectivity index (χ1v) is 4.33. The van der Waals surface area contributed by atoms with Crippen LogP contribution in [-0.2, 0) is 0 Å². The molecule has 2 unspecified atom stereocenters. The number of hydrogen-bond acceptors (Lipinski definition) is 1. The highest BCUT2D eigenvalue weighted by Crippen LogP contribution is 2.37. The van der Waals surface area contributed by atoms with Crippen molar-refractivity contribution >= 4 is 6.09 Å². The topological polar surface area (TPSA) is 40.5 Å². The summed E-state index contributed by atoms with van der Waals surface area (Å²) in [5.74, 6) is 2.72. The van der Waals surface area contributed by atoms with Gasteiger partial charge in [0.15, 0.2) is 0 Å². The van der Waals surface area contributed by atoms with Gasteiger partial charge in [0.05, 0.1) is 12.0 Å². The molecule has 1 rings (SSSR count). The number of amides is 1. The molecule has 3 nitrogen and oxygen atoms in total. The third-order valence-corrected chi connectivity index (χ3v) is 2.46. The summed E-state index contributed by atoms with van der Waals surface area (Å²) in [6.07, 6.45) is 4.44. The highest BCUT2D eigenvalue weighted by Gasteiger charge is 2.47. The Balaban J connectivity index is 2.78. The minimum absolute atomic E-state index is 0.0324. The van der Waals surface area contributed by atoms with Crippen LogP contribution in [0.1, 0.15) is 20.8 Å². The molecule has 1 heterocycles. The van der Waals surface area contributed by atoms with Crippen LogP contribution in [-0.4, -0.2) is 28.7 Å². The molecule has 0 aromatic heterocycles. The maximum Gasteiger partial charge on any atom is 0.407 e. The zero-order chi connectivity index (χ0) is 10.2. The fourth-order valence-electron chi connectivity index (χ4n) is 1.92. The van der Waals surface area contributed by atoms with Gasteiger partial charge in [0.2, 0.25) is 0 Å². The molecule has 2 atom stereocenters. The van der Waals surface area contributed by atoms with Crippen molar-refractivity contribution < 1.29 is 9.90 Å². The van der Waals surface area contributed by atoms with E-state index in [0.29, 0.717) is 6.54 Å². The van der Waals surface area contributed by atoms with Crippen LogP contribution in [0.15, 0.2) is 0 Å². The lowest BCUT2D eigenvalue weighted by Crippen LogP contribution is -2.62. The van der Waals surface area contributed by atoms with Crippen LogP contribution in [0.3, 0.4) is 0 Å². The van der Waals surface area contributed by atoms with Crippen molar-refractivity contribution in [3.8, 4) is 12.3 Å². The number of rotatable bonds is 0. The first-order chi connectivity index (χ1) is 5.88. The molecule has 72 valence electrons. The lowest BCUT2D eigenvalue weighted by Gasteiger charge is -2.50. The van der Waals surface area contributed by atoms with Crippen LogP contribution < -0.4 is 0 Å². The van der Waals surface area contributed by atoms with E-state index in [0.717, 1.165) is 0 Å². The van der Waals surface area contributed by atoms with Gasteiger partial charge < -0.3 is 10.0 Å². The van der Waals surface area contributed by atoms with Crippen LogP contribution in [0, 0.1) is 23.7 Å². The predicted octanol–water partition coefficient (Wildman–Crippen LogP) is 1.64. The second kappa shape index (κ2) is 2.95. The quantitative estimate of drug-likeness (QED) is 0.577. The van der Waals surface area contributed by atoms with Crippen molar-refractivity contribution in [3.63, 3.8) is 0 Å². The maximum atomic E-state index is 10.8. The van der Waals surface area contributed by atoms with Gasteiger partial charge in [-0.15, -0.1) is 6.42 Å². The number of nitrogens with zero attached hydrogens (tertiary/aromatic N) is 1. The summed E-state index contributed by atoms with van der Waals surface area (Å²) in [6, 6.07) is -0.0324. The van der Waals surface area contributed by atoms with E-state index in [1.165, 1.54) is 4.90 Å². The first-order valence-electron chi connectivity index (χ1n) is 4.33. The Labute approximate surface area is 78.7 Å². The summed E-state index contributed by atoms with van der Waals surface area (Å²) in [6.45, 7) is 6.51. The zero-order valence-electron chi connectivity index (χ0n) is 8.24. The van der Waals surface area contributed by atoms with Crippen molar-refractivity contribution in [1.29, 1.82) is 0 Å². The number of carboxylic acid groups (broad SMARTS) is 1. The van der Waals surface area contributed by atoms with Crippen LogP contribution in [0.25, 0.3) is 0 Å². The molecular formula is C10H15NO2. The monoisotopic (exact) mass is 181 g/mol. The van der Waals surface area contributed by atoms with Crippen molar-refractivity contribution in [2.45, 2.75) is 26.8 Å². The molecule has 0 aliphatic carbocycles. The van der Waals surface area contributed by atoms with E-state index in [-0.39, 0.29) is 17.4 Å². The standard InChI is InChI=1S/C10H15NO2/c1-5-7-6-11(9(12)13)8(7)10(2,3)4/h1,7-8H,6H2,2-4H3,(H,12,13). The molecular weight excluding hydrogens is 166 g/mol. The zero-order valence-corrected chi connectivity index (χ0v) is 8.24. The van der Waals surface area contributed by atoms with Gasteiger partial charge in [0.1, 0.15) is 0 Å². The molecule has 0 bridgehead atoms. The minimum Gasteiger partial charge on any atom is -0.465 e.